The summed E-state index contributed by atoms with van der Waals surface area (Å²) in [7, 11) is 0. The fourth-order valence-corrected chi connectivity index (χ4v) is 2.57. The predicted octanol–water partition coefficient (Wildman–Crippen LogP) is 0.0935. The molecule has 0 saturated carbocycles. The van der Waals surface area contributed by atoms with E-state index in [1.807, 2.05) is 20.8 Å². The Morgan fingerprint density at radius 1 is 1.12 bits per heavy atom. The van der Waals surface area contributed by atoms with Gasteiger partial charge < -0.3 is 34.6 Å². The minimum Gasteiger partial charge on any atom is -0.460 e. The van der Waals surface area contributed by atoms with Crippen molar-refractivity contribution in [3.05, 3.63) is 0 Å². The van der Waals surface area contributed by atoms with E-state index >= 15 is 0 Å². The van der Waals surface area contributed by atoms with E-state index < -0.39 is 42.9 Å². The molecule has 3 unspecified atom stereocenters. The Bertz CT molecular complexity index is 406. The first kappa shape index (κ1) is 22.3. The zero-order valence-corrected chi connectivity index (χ0v) is 15.4. The summed E-state index contributed by atoms with van der Waals surface area (Å²) in [6.07, 6.45) is -4.34. The maximum absolute atomic E-state index is 11.6. The highest BCUT2D eigenvalue weighted by molar-refractivity contribution is 5.69. The lowest BCUT2D eigenvalue weighted by Gasteiger charge is -2.40. The Hall–Kier alpha value is -0.770. The van der Waals surface area contributed by atoms with E-state index in [0.717, 1.165) is 6.42 Å². The van der Waals surface area contributed by atoms with Gasteiger partial charge in [0, 0.05) is 6.42 Å². The lowest BCUT2D eigenvalue weighted by atomic mass is 9.99. The number of aliphatic hydroxyl groups excluding tert-OH is 4. The SMILES string of the molecule is CC(CCCCC(=O)OC(C)(C)C)O[C@@H]1OC(CO)[C@@H](O)[C@@H](O)C1O. The van der Waals surface area contributed by atoms with Gasteiger partial charge in [-0.1, -0.05) is 6.42 Å². The van der Waals surface area contributed by atoms with Crippen molar-refractivity contribution in [1.29, 1.82) is 0 Å². The van der Waals surface area contributed by atoms with Crippen LogP contribution >= 0.6 is 0 Å². The molecule has 1 rings (SSSR count). The number of ether oxygens (including phenoxy) is 3. The molecule has 1 aliphatic rings. The maximum Gasteiger partial charge on any atom is 0.306 e. The number of carbonyl (C=O) groups excluding carboxylic acids is 1. The molecule has 1 aliphatic heterocycles. The van der Waals surface area contributed by atoms with Crippen LogP contribution in [0.4, 0.5) is 0 Å². The van der Waals surface area contributed by atoms with Crippen LogP contribution in [0.3, 0.4) is 0 Å². The van der Waals surface area contributed by atoms with Crippen LogP contribution in [0, 0.1) is 0 Å². The first-order valence-corrected chi connectivity index (χ1v) is 8.73. The summed E-state index contributed by atoms with van der Waals surface area (Å²) in [5.74, 6) is -0.241. The van der Waals surface area contributed by atoms with Crippen molar-refractivity contribution >= 4 is 5.97 Å². The summed E-state index contributed by atoms with van der Waals surface area (Å²) in [4.78, 5) is 11.6. The maximum atomic E-state index is 11.6. The van der Waals surface area contributed by atoms with E-state index in [2.05, 4.69) is 0 Å². The Labute approximate surface area is 148 Å². The number of rotatable bonds is 8. The molecular weight excluding hydrogens is 332 g/mol. The minimum atomic E-state index is -1.45. The van der Waals surface area contributed by atoms with Gasteiger partial charge in [-0.3, -0.25) is 4.79 Å². The highest BCUT2D eigenvalue weighted by atomic mass is 16.7. The van der Waals surface area contributed by atoms with Crippen LogP contribution in [0.15, 0.2) is 0 Å². The molecule has 0 aromatic carbocycles. The third-order valence-electron chi connectivity index (χ3n) is 3.88. The lowest BCUT2D eigenvalue weighted by molar-refractivity contribution is -0.310. The molecule has 6 atom stereocenters. The molecular formula is C17H32O8. The summed E-state index contributed by atoms with van der Waals surface area (Å²) < 4.78 is 16.1. The van der Waals surface area contributed by atoms with Gasteiger partial charge in [0.05, 0.1) is 12.7 Å². The van der Waals surface area contributed by atoms with Gasteiger partial charge in [0.2, 0.25) is 0 Å². The standard InChI is InChI=1S/C17H32O8/c1-10(7-5-6-8-12(19)25-17(2,3)4)23-16-15(22)14(21)13(20)11(9-18)24-16/h10-11,13-16,18,20-22H,5-9H2,1-4H3/t10?,11?,13-,14-,15?,16-/m1/s1. The summed E-state index contributed by atoms with van der Waals surface area (Å²) >= 11 is 0. The van der Waals surface area contributed by atoms with Gasteiger partial charge in [-0.15, -0.1) is 0 Å². The number of esters is 1. The fourth-order valence-electron chi connectivity index (χ4n) is 2.57. The Balaban J connectivity index is 2.32. The monoisotopic (exact) mass is 364 g/mol. The van der Waals surface area contributed by atoms with Crippen LogP contribution in [0.2, 0.25) is 0 Å². The Morgan fingerprint density at radius 3 is 2.32 bits per heavy atom. The van der Waals surface area contributed by atoms with E-state index in [-0.39, 0.29) is 12.1 Å². The van der Waals surface area contributed by atoms with Crippen molar-refractivity contribution in [1.82, 2.24) is 0 Å². The normalized spacial score (nSPS) is 31.6. The van der Waals surface area contributed by atoms with Crippen molar-refractivity contribution in [2.75, 3.05) is 6.61 Å². The van der Waals surface area contributed by atoms with E-state index in [1.54, 1.807) is 6.92 Å². The molecule has 0 spiro atoms. The third kappa shape index (κ3) is 7.55. The summed E-state index contributed by atoms with van der Waals surface area (Å²) in [5.41, 5.74) is -0.489. The summed E-state index contributed by atoms with van der Waals surface area (Å²) in [5, 5.41) is 38.5. The summed E-state index contributed by atoms with van der Waals surface area (Å²) in [6, 6.07) is 0. The molecule has 4 N–H and O–H groups in total. The molecule has 1 fully saturated rings. The molecule has 1 saturated heterocycles. The van der Waals surface area contributed by atoms with Crippen LogP contribution in [-0.4, -0.2) is 75.4 Å². The molecule has 8 heteroatoms. The zero-order chi connectivity index (χ0) is 19.2. The number of hydrogen-bond acceptors (Lipinski definition) is 8. The molecule has 0 aromatic heterocycles. The first-order valence-electron chi connectivity index (χ1n) is 8.73. The van der Waals surface area contributed by atoms with E-state index in [1.165, 1.54) is 0 Å². The first-order chi connectivity index (χ1) is 11.5. The van der Waals surface area contributed by atoms with Gasteiger partial charge in [0.1, 0.15) is 30.0 Å². The molecule has 0 amide bonds. The van der Waals surface area contributed by atoms with Gasteiger partial charge >= 0.3 is 5.97 Å². The number of hydrogen-bond donors (Lipinski definition) is 4. The molecule has 148 valence electrons. The molecule has 0 radical (unpaired) electrons. The molecule has 0 bridgehead atoms. The average Bonchev–Trinajstić information content (AvgIpc) is 2.50. The van der Waals surface area contributed by atoms with Gasteiger partial charge in [-0.2, -0.15) is 0 Å². The second-order valence-corrected chi connectivity index (χ2v) is 7.48. The number of unbranched alkanes of at least 4 members (excludes halogenated alkanes) is 1. The van der Waals surface area contributed by atoms with Crippen LogP contribution in [0.1, 0.15) is 53.4 Å². The summed E-state index contributed by atoms with van der Waals surface area (Å²) in [6.45, 7) is 6.76. The van der Waals surface area contributed by atoms with Crippen LogP contribution in [0.5, 0.6) is 0 Å². The highest BCUT2D eigenvalue weighted by Gasteiger charge is 2.44. The average molecular weight is 364 g/mol. The van der Waals surface area contributed by atoms with Crippen molar-refractivity contribution in [3.63, 3.8) is 0 Å². The Kier molecular flexibility index (Phi) is 8.73. The topological polar surface area (TPSA) is 126 Å². The molecule has 8 nitrogen and oxygen atoms in total. The van der Waals surface area contributed by atoms with Gasteiger partial charge in [0.15, 0.2) is 6.29 Å². The van der Waals surface area contributed by atoms with Gasteiger partial charge in [-0.25, -0.2) is 0 Å². The largest absolute Gasteiger partial charge is 0.460 e. The molecule has 25 heavy (non-hydrogen) atoms. The number of carbonyl (C=O) groups is 1. The third-order valence-corrected chi connectivity index (χ3v) is 3.88. The second-order valence-electron chi connectivity index (χ2n) is 7.48. The highest BCUT2D eigenvalue weighted by Crippen LogP contribution is 2.24. The molecule has 1 heterocycles. The van der Waals surface area contributed by atoms with Crippen molar-refractivity contribution in [2.24, 2.45) is 0 Å². The Morgan fingerprint density at radius 2 is 1.76 bits per heavy atom. The van der Waals surface area contributed by atoms with Crippen LogP contribution in [0.25, 0.3) is 0 Å². The van der Waals surface area contributed by atoms with Crippen molar-refractivity contribution < 1.29 is 39.4 Å². The van der Waals surface area contributed by atoms with Crippen LogP contribution < -0.4 is 0 Å². The number of aliphatic hydroxyl groups is 4. The smallest absolute Gasteiger partial charge is 0.306 e. The fraction of sp³-hybridized carbons (Fsp3) is 0.941. The van der Waals surface area contributed by atoms with Crippen molar-refractivity contribution in [3.8, 4) is 0 Å². The zero-order valence-electron chi connectivity index (χ0n) is 15.4. The molecule has 0 aromatic rings. The predicted molar refractivity (Wildman–Crippen MR) is 88.6 cm³/mol. The van der Waals surface area contributed by atoms with Crippen LogP contribution in [-0.2, 0) is 19.0 Å². The second kappa shape index (κ2) is 9.80. The molecule has 0 aliphatic carbocycles. The van der Waals surface area contributed by atoms with Gasteiger partial charge in [-0.05, 0) is 40.5 Å². The van der Waals surface area contributed by atoms with Gasteiger partial charge in [0.25, 0.3) is 0 Å². The van der Waals surface area contributed by atoms with E-state index in [0.29, 0.717) is 19.3 Å². The lowest BCUT2D eigenvalue weighted by Crippen LogP contribution is -2.59. The van der Waals surface area contributed by atoms with E-state index in [9.17, 15) is 20.1 Å². The van der Waals surface area contributed by atoms with Crippen molar-refractivity contribution in [2.45, 2.75) is 95.8 Å². The minimum absolute atomic E-state index is 0.241. The van der Waals surface area contributed by atoms with E-state index in [4.69, 9.17) is 19.3 Å². The quantitative estimate of drug-likeness (QED) is 0.353.